The van der Waals surface area contributed by atoms with E-state index in [-0.39, 0.29) is 0 Å². The number of hydrogen-bond acceptors (Lipinski definition) is 4. The van der Waals surface area contributed by atoms with Gasteiger partial charge in [-0.1, -0.05) is 18.2 Å². The quantitative estimate of drug-likeness (QED) is 0.790. The molecular formula is C13H14BrN5O. The molecule has 6 nitrogen and oxygen atoms in total. The fourth-order valence-corrected chi connectivity index (χ4v) is 2.44. The Morgan fingerprint density at radius 3 is 2.70 bits per heavy atom. The van der Waals surface area contributed by atoms with Crippen LogP contribution in [0.15, 0.2) is 34.9 Å². The van der Waals surface area contributed by atoms with E-state index in [1.807, 2.05) is 41.9 Å². The molecule has 3 aromatic rings. The van der Waals surface area contributed by atoms with Gasteiger partial charge in [-0.2, -0.15) is 4.52 Å². The molecule has 0 aliphatic carbocycles. The van der Waals surface area contributed by atoms with Gasteiger partial charge in [0, 0.05) is 13.6 Å². The van der Waals surface area contributed by atoms with Crippen LogP contribution in [0.4, 0.5) is 0 Å². The van der Waals surface area contributed by atoms with Crippen molar-refractivity contribution in [2.24, 2.45) is 12.8 Å². The number of aromatic nitrogens is 4. The van der Waals surface area contributed by atoms with Crippen molar-refractivity contribution >= 4 is 21.7 Å². The summed E-state index contributed by atoms with van der Waals surface area (Å²) in [5, 5.41) is 4.49. The second-order valence-corrected chi connectivity index (χ2v) is 5.09. The van der Waals surface area contributed by atoms with Gasteiger partial charge in [0.1, 0.15) is 17.0 Å². The van der Waals surface area contributed by atoms with Gasteiger partial charge in [0.15, 0.2) is 5.82 Å². The number of nitrogens with two attached hydrogens (primary N) is 1. The molecule has 7 heteroatoms. The number of rotatable bonds is 4. The first-order valence-corrected chi connectivity index (χ1v) is 6.96. The molecule has 0 radical (unpaired) electrons. The van der Waals surface area contributed by atoms with Gasteiger partial charge >= 0.3 is 0 Å². The van der Waals surface area contributed by atoms with Crippen molar-refractivity contribution in [2.75, 3.05) is 0 Å². The van der Waals surface area contributed by atoms with Crippen LogP contribution in [0.3, 0.4) is 0 Å². The summed E-state index contributed by atoms with van der Waals surface area (Å²) >= 11 is 3.46. The standard InChI is InChI=1S/C13H14BrN5O/c1-18-11(8-20-9-5-3-2-4-6-9)17-19-12(14)10(7-15)16-13(18)19/h2-6H,7-8,15H2,1H3. The Balaban J connectivity index is 1.87. The minimum atomic E-state index is 0.375. The van der Waals surface area contributed by atoms with Gasteiger partial charge < -0.3 is 10.5 Å². The van der Waals surface area contributed by atoms with E-state index in [0.717, 1.165) is 27.6 Å². The molecule has 2 heterocycles. The zero-order valence-corrected chi connectivity index (χ0v) is 12.5. The van der Waals surface area contributed by atoms with Crippen molar-refractivity contribution in [3.05, 3.63) is 46.5 Å². The third kappa shape index (κ3) is 2.19. The molecule has 20 heavy (non-hydrogen) atoms. The topological polar surface area (TPSA) is 70.4 Å². The summed E-state index contributed by atoms with van der Waals surface area (Å²) < 4.78 is 10.1. The molecule has 1 aromatic carbocycles. The van der Waals surface area contributed by atoms with E-state index in [0.29, 0.717) is 13.2 Å². The van der Waals surface area contributed by atoms with Gasteiger partial charge in [-0.25, -0.2) is 4.98 Å². The molecule has 0 aliphatic heterocycles. The van der Waals surface area contributed by atoms with E-state index in [1.54, 1.807) is 4.52 Å². The Hall–Kier alpha value is -1.86. The normalized spacial score (nSPS) is 11.2. The van der Waals surface area contributed by atoms with Crippen molar-refractivity contribution in [3.63, 3.8) is 0 Å². The lowest BCUT2D eigenvalue weighted by molar-refractivity contribution is 0.291. The average Bonchev–Trinajstić information content (AvgIpc) is 2.96. The van der Waals surface area contributed by atoms with Crippen LogP contribution in [-0.2, 0) is 20.2 Å². The summed E-state index contributed by atoms with van der Waals surface area (Å²) in [7, 11) is 1.91. The molecular weight excluding hydrogens is 322 g/mol. The fraction of sp³-hybridized carbons (Fsp3) is 0.231. The smallest absolute Gasteiger partial charge is 0.233 e. The molecule has 0 unspecified atom stereocenters. The Labute approximate surface area is 124 Å². The lowest BCUT2D eigenvalue weighted by Crippen LogP contribution is -2.05. The van der Waals surface area contributed by atoms with Crippen LogP contribution >= 0.6 is 15.9 Å². The monoisotopic (exact) mass is 335 g/mol. The first kappa shape index (κ1) is 13.1. The zero-order chi connectivity index (χ0) is 14.1. The number of benzene rings is 1. The summed E-state index contributed by atoms with van der Waals surface area (Å²) in [6.07, 6.45) is 0. The molecule has 2 aromatic heterocycles. The lowest BCUT2D eigenvalue weighted by atomic mass is 10.3. The van der Waals surface area contributed by atoms with Gasteiger partial charge in [-0.3, -0.25) is 4.57 Å². The SMILES string of the molecule is Cn1c(COc2ccccc2)nn2c(Br)c(CN)nc12. The number of halogens is 1. The number of fused-ring (bicyclic) bond motifs is 1. The molecule has 0 fully saturated rings. The van der Waals surface area contributed by atoms with Crippen LogP contribution in [0.25, 0.3) is 5.78 Å². The fourth-order valence-electron chi connectivity index (χ4n) is 1.95. The Kier molecular flexibility index (Phi) is 3.45. The van der Waals surface area contributed by atoms with Gasteiger partial charge in [-0.15, -0.1) is 5.10 Å². The van der Waals surface area contributed by atoms with Crippen LogP contribution in [-0.4, -0.2) is 19.2 Å². The third-order valence-corrected chi connectivity index (χ3v) is 3.85. The van der Waals surface area contributed by atoms with Crippen molar-refractivity contribution in [3.8, 4) is 5.75 Å². The lowest BCUT2D eigenvalue weighted by Gasteiger charge is -2.04. The number of ether oxygens (including phenoxy) is 1. The summed E-state index contributed by atoms with van der Waals surface area (Å²) in [6, 6.07) is 9.65. The van der Waals surface area contributed by atoms with E-state index in [4.69, 9.17) is 10.5 Å². The third-order valence-electron chi connectivity index (χ3n) is 3.06. The number of para-hydroxylation sites is 1. The maximum absolute atomic E-state index is 5.70. The molecule has 104 valence electrons. The molecule has 3 rings (SSSR count). The summed E-state index contributed by atoms with van der Waals surface area (Å²) in [6.45, 7) is 0.758. The summed E-state index contributed by atoms with van der Waals surface area (Å²) in [5.41, 5.74) is 6.42. The largest absolute Gasteiger partial charge is 0.486 e. The molecule has 0 bridgehead atoms. The molecule has 2 N–H and O–H groups in total. The minimum absolute atomic E-state index is 0.375. The number of nitrogens with zero attached hydrogens (tertiary/aromatic N) is 4. The van der Waals surface area contributed by atoms with Crippen LogP contribution < -0.4 is 10.5 Å². The number of imidazole rings is 1. The maximum atomic E-state index is 5.70. The second kappa shape index (κ2) is 5.26. The van der Waals surface area contributed by atoms with E-state index in [2.05, 4.69) is 26.0 Å². The first-order chi connectivity index (χ1) is 9.70. The van der Waals surface area contributed by atoms with Gasteiger partial charge in [0.25, 0.3) is 0 Å². The molecule has 0 aliphatic rings. The average molecular weight is 336 g/mol. The maximum Gasteiger partial charge on any atom is 0.233 e. The van der Waals surface area contributed by atoms with E-state index in [9.17, 15) is 0 Å². The number of hydrogen-bond donors (Lipinski definition) is 1. The highest BCUT2D eigenvalue weighted by Gasteiger charge is 2.16. The second-order valence-electron chi connectivity index (χ2n) is 4.34. The molecule has 0 atom stereocenters. The predicted octanol–water partition coefficient (Wildman–Crippen LogP) is 1.87. The van der Waals surface area contributed by atoms with Gasteiger partial charge in [0.05, 0.1) is 5.69 Å². The summed E-state index contributed by atoms with van der Waals surface area (Å²) in [5.74, 6) is 2.35. The van der Waals surface area contributed by atoms with Gasteiger partial charge in [0.2, 0.25) is 5.78 Å². The molecule has 0 spiro atoms. The van der Waals surface area contributed by atoms with E-state index in [1.165, 1.54) is 0 Å². The summed E-state index contributed by atoms with van der Waals surface area (Å²) in [4.78, 5) is 4.44. The first-order valence-electron chi connectivity index (χ1n) is 6.17. The molecule has 0 saturated carbocycles. The highest BCUT2D eigenvalue weighted by atomic mass is 79.9. The predicted molar refractivity (Wildman–Crippen MR) is 78.3 cm³/mol. The highest BCUT2D eigenvalue weighted by Crippen LogP contribution is 2.19. The van der Waals surface area contributed by atoms with E-state index < -0.39 is 0 Å². The van der Waals surface area contributed by atoms with Crippen LogP contribution in [0.1, 0.15) is 11.5 Å². The Bertz CT molecular complexity index is 734. The van der Waals surface area contributed by atoms with Crippen molar-refractivity contribution in [1.82, 2.24) is 19.2 Å². The zero-order valence-electron chi connectivity index (χ0n) is 11.0. The van der Waals surface area contributed by atoms with Crippen LogP contribution in [0.2, 0.25) is 0 Å². The van der Waals surface area contributed by atoms with Gasteiger partial charge in [-0.05, 0) is 28.1 Å². The van der Waals surface area contributed by atoms with Crippen LogP contribution in [0, 0.1) is 0 Å². The van der Waals surface area contributed by atoms with E-state index >= 15 is 0 Å². The highest BCUT2D eigenvalue weighted by molar-refractivity contribution is 9.10. The Morgan fingerprint density at radius 1 is 1.30 bits per heavy atom. The van der Waals surface area contributed by atoms with Crippen molar-refractivity contribution in [1.29, 1.82) is 0 Å². The molecule has 0 saturated heterocycles. The van der Waals surface area contributed by atoms with Crippen molar-refractivity contribution < 1.29 is 4.74 Å². The molecule has 0 amide bonds. The number of aryl methyl sites for hydroxylation is 1. The minimum Gasteiger partial charge on any atom is -0.486 e. The van der Waals surface area contributed by atoms with Crippen LogP contribution in [0.5, 0.6) is 5.75 Å². The van der Waals surface area contributed by atoms with Crippen molar-refractivity contribution in [2.45, 2.75) is 13.2 Å². The Morgan fingerprint density at radius 2 is 2.05 bits per heavy atom.